The normalized spacial score (nSPS) is 13.7. The molecule has 4 aromatic rings. The lowest BCUT2D eigenvalue weighted by molar-refractivity contribution is -0.137. The van der Waals surface area contributed by atoms with Gasteiger partial charge in [-0.25, -0.2) is 8.78 Å². The Morgan fingerprint density at radius 3 is 1.98 bits per heavy atom. The molecular weight excluding hydrogens is 665 g/mol. The number of fused-ring (bicyclic) bond motifs is 3. The largest absolute Gasteiger partial charge is 0.416 e. The van der Waals surface area contributed by atoms with Crippen molar-refractivity contribution in [3.63, 3.8) is 0 Å². The van der Waals surface area contributed by atoms with Crippen molar-refractivity contribution in [2.45, 2.75) is 62.6 Å². The highest BCUT2D eigenvalue weighted by molar-refractivity contribution is 6.03. The van der Waals surface area contributed by atoms with Crippen molar-refractivity contribution in [1.29, 1.82) is 0 Å². The summed E-state index contributed by atoms with van der Waals surface area (Å²) in [6, 6.07) is 26.0. The third-order valence-electron chi connectivity index (χ3n) is 9.37. The number of carbonyl (C=O) groups is 3. The van der Waals surface area contributed by atoms with Crippen LogP contribution in [-0.4, -0.2) is 50.2 Å². The third-order valence-corrected chi connectivity index (χ3v) is 9.37. The van der Waals surface area contributed by atoms with Crippen molar-refractivity contribution in [2.75, 3.05) is 19.6 Å². The van der Waals surface area contributed by atoms with E-state index in [0.717, 1.165) is 47.2 Å². The lowest BCUT2D eigenvalue weighted by Crippen LogP contribution is -2.47. The first-order chi connectivity index (χ1) is 24.5. The molecule has 3 N–H and O–H groups in total. The molecule has 0 aliphatic heterocycles. The minimum atomic E-state index is -4.50. The van der Waals surface area contributed by atoms with Gasteiger partial charge in [0.2, 0.25) is 5.91 Å². The number of rotatable bonds is 17. The van der Waals surface area contributed by atoms with Crippen LogP contribution < -0.4 is 16.0 Å². The van der Waals surface area contributed by atoms with Gasteiger partial charge in [-0.1, -0.05) is 91.7 Å². The predicted octanol–water partition coefficient (Wildman–Crippen LogP) is 7.95. The molecule has 0 saturated carbocycles. The smallest absolute Gasteiger partial charge is 0.354 e. The van der Waals surface area contributed by atoms with Crippen molar-refractivity contribution in [2.24, 2.45) is 0 Å². The standard InChI is InChI=1S/C40H40F5N3O3/c41-36(42)25-46-26-39(33-15-6-4-12-30(33)31-13-5-7-16-34(31)39)22-8-1-9-23-47-38(51)35(17-10-24-49)48-37(50)32-14-3-2-11-29(32)27-18-20-28(21-19-27)40(43,44)45/h2-7,11-16,18-21,24,35-36,46H,1,8-10,17,22-23,25-26H2,(H,47,51)(H,48,50). The zero-order valence-corrected chi connectivity index (χ0v) is 27.9. The Morgan fingerprint density at radius 1 is 0.765 bits per heavy atom. The molecule has 51 heavy (non-hydrogen) atoms. The maximum Gasteiger partial charge on any atom is 0.416 e. The molecule has 0 spiro atoms. The number of hydrogen-bond acceptors (Lipinski definition) is 4. The second-order valence-corrected chi connectivity index (χ2v) is 12.7. The summed E-state index contributed by atoms with van der Waals surface area (Å²) >= 11 is 0. The van der Waals surface area contributed by atoms with Gasteiger partial charge in [-0.05, 0) is 70.8 Å². The topological polar surface area (TPSA) is 87.3 Å². The van der Waals surface area contributed by atoms with Crippen LogP contribution in [0.4, 0.5) is 22.0 Å². The summed E-state index contributed by atoms with van der Waals surface area (Å²) in [7, 11) is 0. The number of nitrogens with one attached hydrogen (secondary N) is 3. The Balaban J connectivity index is 1.19. The van der Waals surface area contributed by atoms with Crippen LogP contribution >= 0.6 is 0 Å². The molecule has 1 aliphatic carbocycles. The van der Waals surface area contributed by atoms with E-state index in [9.17, 15) is 36.3 Å². The van der Waals surface area contributed by atoms with Crippen molar-refractivity contribution in [1.82, 2.24) is 16.0 Å². The van der Waals surface area contributed by atoms with Gasteiger partial charge in [-0.3, -0.25) is 9.59 Å². The Morgan fingerprint density at radius 2 is 1.37 bits per heavy atom. The average Bonchev–Trinajstić information content (AvgIpc) is 3.40. The second-order valence-electron chi connectivity index (χ2n) is 12.7. The van der Waals surface area contributed by atoms with Crippen LogP contribution in [0.5, 0.6) is 0 Å². The van der Waals surface area contributed by atoms with Crippen molar-refractivity contribution >= 4 is 18.1 Å². The first-order valence-corrected chi connectivity index (χ1v) is 17.0. The first kappa shape index (κ1) is 37.4. The number of unbranched alkanes of at least 4 members (excludes halogenated alkanes) is 2. The van der Waals surface area contributed by atoms with E-state index in [1.165, 1.54) is 18.2 Å². The average molecular weight is 706 g/mol. The molecule has 0 radical (unpaired) electrons. The molecule has 0 fully saturated rings. The SMILES string of the molecule is O=CCCC(NC(=O)c1ccccc1-c1ccc(C(F)(F)F)cc1)C(=O)NCCCCCC1(CNCC(F)F)c2ccccc2-c2ccccc21. The summed E-state index contributed by atoms with van der Waals surface area (Å²) in [5.41, 5.74) is 4.10. The van der Waals surface area contributed by atoms with E-state index in [-0.39, 0.29) is 18.4 Å². The number of amides is 2. The number of hydrogen-bond donors (Lipinski definition) is 3. The van der Waals surface area contributed by atoms with Crippen LogP contribution in [0.3, 0.4) is 0 Å². The minimum absolute atomic E-state index is 0.0313. The Labute approximate surface area is 293 Å². The van der Waals surface area contributed by atoms with Gasteiger partial charge in [0, 0.05) is 30.5 Å². The quantitative estimate of drug-likeness (QED) is 0.0592. The van der Waals surface area contributed by atoms with Gasteiger partial charge in [0.05, 0.1) is 12.1 Å². The Hall–Kier alpha value is -4.90. The zero-order chi connectivity index (χ0) is 36.4. The van der Waals surface area contributed by atoms with Crippen LogP contribution in [0.25, 0.3) is 22.3 Å². The molecule has 5 rings (SSSR count). The van der Waals surface area contributed by atoms with Crippen LogP contribution in [0.2, 0.25) is 0 Å². The fourth-order valence-corrected chi connectivity index (χ4v) is 6.93. The molecule has 268 valence electrons. The molecule has 1 aliphatic rings. The Bertz CT molecular complexity index is 1760. The third kappa shape index (κ3) is 8.89. The van der Waals surface area contributed by atoms with Gasteiger partial charge in [0.15, 0.2) is 0 Å². The molecular formula is C40H40F5N3O3. The fraction of sp³-hybridized carbons (Fsp3) is 0.325. The molecule has 6 nitrogen and oxygen atoms in total. The number of alkyl halides is 5. The van der Waals surface area contributed by atoms with E-state index in [1.54, 1.807) is 18.2 Å². The number of halogens is 5. The van der Waals surface area contributed by atoms with Gasteiger partial charge >= 0.3 is 6.18 Å². The van der Waals surface area contributed by atoms with Crippen LogP contribution in [-0.2, 0) is 21.2 Å². The van der Waals surface area contributed by atoms with E-state index in [4.69, 9.17) is 0 Å². The van der Waals surface area contributed by atoms with E-state index >= 15 is 0 Å². The van der Waals surface area contributed by atoms with Crippen molar-refractivity contribution < 1.29 is 36.3 Å². The molecule has 0 bridgehead atoms. The molecule has 0 aromatic heterocycles. The second kappa shape index (κ2) is 16.9. The van der Waals surface area contributed by atoms with E-state index in [1.807, 2.05) is 24.3 Å². The van der Waals surface area contributed by atoms with E-state index in [0.29, 0.717) is 43.3 Å². The Kier molecular flexibility index (Phi) is 12.4. The van der Waals surface area contributed by atoms with Gasteiger partial charge in [-0.15, -0.1) is 0 Å². The number of benzene rings is 4. The fourth-order valence-electron chi connectivity index (χ4n) is 6.93. The van der Waals surface area contributed by atoms with Crippen LogP contribution in [0.15, 0.2) is 97.1 Å². The number of aldehydes is 1. The molecule has 1 unspecified atom stereocenters. The molecule has 2 amide bonds. The molecule has 4 aromatic carbocycles. The van der Waals surface area contributed by atoms with Gasteiger partial charge in [-0.2, -0.15) is 13.2 Å². The van der Waals surface area contributed by atoms with Crippen molar-refractivity contribution in [3.05, 3.63) is 119 Å². The molecule has 11 heteroatoms. The summed E-state index contributed by atoms with van der Waals surface area (Å²) in [5.74, 6) is -1.05. The van der Waals surface area contributed by atoms with E-state index in [2.05, 4.69) is 40.2 Å². The predicted molar refractivity (Wildman–Crippen MR) is 186 cm³/mol. The highest BCUT2D eigenvalue weighted by Gasteiger charge is 2.42. The minimum Gasteiger partial charge on any atom is -0.354 e. The molecule has 0 heterocycles. The van der Waals surface area contributed by atoms with Crippen LogP contribution in [0.1, 0.15) is 65.6 Å². The summed E-state index contributed by atoms with van der Waals surface area (Å²) in [6.45, 7) is 0.279. The summed E-state index contributed by atoms with van der Waals surface area (Å²) in [5, 5.41) is 8.55. The maximum atomic E-state index is 13.4. The summed E-state index contributed by atoms with van der Waals surface area (Å²) < 4.78 is 65.5. The van der Waals surface area contributed by atoms with Gasteiger partial charge < -0.3 is 20.7 Å². The van der Waals surface area contributed by atoms with Gasteiger partial charge in [0.25, 0.3) is 12.3 Å². The van der Waals surface area contributed by atoms with Crippen LogP contribution in [0, 0.1) is 0 Å². The highest BCUT2D eigenvalue weighted by atomic mass is 19.4. The summed E-state index contributed by atoms with van der Waals surface area (Å²) in [6.07, 6.45) is -3.36. The monoisotopic (exact) mass is 705 g/mol. The van der Waals surface area contributed by atoms with Gasteiger partial charge in [0.1, 0.15) is 12.3 Å². The van der Waals surface area contributed by atoms with E-state index < -0.39 is 48.0 Å². The maximum absolute atomic E-state index is 13.4. The zero-order valence-electron chi connectivity index (χ0n) is 27.9. The van der Waals surface area contributed by atoms with Crippen molar-refractivity contribution in [3.8, 4) is 22.3 Å². The first-order valence-electron chi connectivity index (χ1n) is 17.0. The number of carbonyl (C=O) groups excluding carboxylic acids is 3. The molecule has 0 saturated heterocycles. The highest BCUT2D eigenvalue weighted by Crippen LogP contribution is 2.51. The summed E-state index contributed by atoms with van der Waals surface area (Å²) in [4.78, 5) is 37.8. The lowest BCUT2D eigenvalue weighted by Gasteiger charge is -2.33. The lowest BCUT2D eigenvalue weighted by atomic mass is 9.74. The molecule has 1 atom stereocenters.